The van der Waals surface area contributed by atoms with Crippen LogP contribution in [0.15, 0.2) is 0 Å². The normalized spacial score (nSPS) is 28.6. The summed E-state index contributed by atoms with van der Waals surface area (Å²) in [4.78, 5) is 0. The Kier molecular flexibility index (Phi) is 3.68. The van der Waals surface area contributed by atoms with Crippen molar-refractivity contribution in [1.29, 1.82) is 0 Å². The van der Waals surface area contributed by atoms with Crippen molar-refractivity contribution in [3.63, 3.8) is 0 Å². The third-order valence-corrected chi connectivity index (χ3v) is 3.69. The van der Waals surface area contributed by atoms with Crippen LogP contribution in [0.4, 0.5) is 0 Å². The Bertz CT molecular complexity index is 193. The topological polar surface area (TPSA) is 21.3 Å². The van der Waals surface area contributed by atoms with Crippen LogP contribution in [0.3, 0.4) is 0 Å². The van der Waals surface area contributed by atoms with Gasteiger partial charge in [0, 0.05) is 13.2 Å². The maximum atomic E-state index is 5.73. The fourth-order valence-corrected chi connectivity index (χ4v) is 2.54. The summed E-state index contributed by atoms with van der Waals surface area (Å²) >= 11 is 0. The molecule has 1 saturated carbocycles. The van der Waals surface area contributed by atoms with Crippen LogP contribution in [0, 0.1) is 11.3 Å². The summed E-state index contributed by atoms with van der Waals surface area (Å²) in [7, 11) is 0. The quantitative estimate of drug-likeness (QED) is 0.729. The highest BCUT2D eigenvalue weighted by Gasteiger charge is 2.44. The molecule has 2 fully saturated rings. The molecule has 1 unspecified atom stereocenters. The second-order valence-corrected chi connectivity index (χ2v) is 5.86. The standard InChI is InChI=1S/C13H25NO/c1-11(2)9-14-10-13(5-6-13)8-12-4-3-7-15-12/h11-12,14H,3-10H2,1-2H3. The number of ether oxygens (including phenoxy) is 1. The van der Waals surface area contributed by atoms with E-state index in [1.165, 1.54) is 38.6 Å². The van der Waals surface area contributed by atoms with Crippen molar-refractivity contribution in [2.45, 2.75) is 52.1 Å². The first-order valence-corrected chi connectivity index (χ1v) is 6.53. The average Bonchev–Trinajstić information content (AvgIpc) is 2.74. The molecule has 88 valence electrons. The first-order valence-electron chi connectivity index (χ1n) is 6.53. The molecule has 0 bridgehead atoms. The van der Waals surface area contributed by atoms with Crippen molar-refractivity contribution in [3.05, 3.63) is 0 Å². The zero-order valence-corrected chi connectivity index (χ0v) is 10.2. The molecule has 0 amide bonds. The summed E-state index contributed by atoms with van der Waals surface area (Å²) in [6, 6.07) is 0. The largest absolute Gasteiger partial charge is 0.378 e. The fraction of sp³-hybridized carbons (Fsp3) is 1.00. The van der Waals surface area contributed by atoms with Gasteiger partial charge in [0.25, 0.3) is 0 Å². The molecule has 2 nitrogen and oxygen atoms in total. The highest BCUT2D eigenvalue weighted by atomic mass is 16.5. The van der Waals surface area contributed by atoms with Crippen LogP contribution in [-0.4, -0.2) is 25.8 Å². The van der Waals surface area contributed by atoms with Crippen LogP contribution in [0.5, 0.6) is 0 Å². The summed E-state index contributed by atoms with van der Waals surface area (Å²) in [6.07, 6.45) is 7.29. The van der Waals surface area contributed by atoms with Crippen molar-refractivity contribution < 1.29 is 4.74 Å². The van der Waals surface area contributed by atoms with Crippen LogP contribution in [0.1, 0.15) is 46.0 Å². The molecule has 1 heterocycles. The summed E-state index contributed by atoms with van der Waals surface area (Å²) in [5.41, 5.74) is 0.615. The SMILES string of the molecule is CC(C)CNCC1(CC2CCCO2)CC1. The van der Waals surface area contributed by atoms with Crippen molar-refractivity contribution in [3.8, 4) is 0 Å². The monoisotopic (exact) mass is 211 g/mol. The van der Waals surface area contributed by atoms with Crippen molar-refractivity contribution >= 4 is 0 Å². The number of hydrogen-bond acceptors (Lipinski definition) is 2. The predicted octanol–water partition coefficient (Wildman–Crippen LogP) is 2.58. The summed E-state index contributed by atoms with van der Waals surface area (Å²) < 4.78 is 5.73. The third kappa shape index (κ3) is 3.46. The molecule has 2 heteroatoms. The van der Waals surface area contributed by atoms with Gasteiger partial charge in [-0.3, -0.25) is 0 Å². The first kappa shape index (κ1) is 11.4. The summed E-state index contributed by atoms with van der Waals surface area (Å²) in [6.45, 7) is 7.91. The van der Waals surface area contributed by atoms with Gasteiger partial charge in [0.2, 0.25) is 0 Å². The van der Waals surface area contributed by atoms with Crippen molar-refractivity contribution in [2.24, 2.45) is 11.3 Å². The second kappa shape index (κ2) is 4.84. The van der Waals surface area contributed by atoms with Gasteiger partial charge in [0.15, 0.2) is 0 Å². The van der Waals surface area contributed by atoms with Crippen molar-refractivity contribution in [1.82, 2.24) is 5.32 Å². The molecule has 2 rings (SSSR count). The maximum absolute atomic E-state index is 5.73. The third-order valence-electron chi connectivity index (χ3n) is 3.69. The minimum atomic E-state index is 0.577. The van der Waals surface area contributed by atoms with Crippen molar-refractivity contribution in [2.75, 3.05) is 19.7 Å². The second-order valence-electron chi connectivity index (χ2n) is 5.86. The van der Waals surface area contributed by atoms with Gasteiger partial charge >= 0.3 is 0 Å². The van der Waals surface area contributed by atoms with E-state index in [1.54, 1.807) is 0 Å². The molecule has 0 aromatic carbocycles. The number of nitrogens with one attached hydrogen (secondary N) is 1. The predicted molar refractivity (Wildman–Crippen MR) is 63.0 cm³/mol. The summed E-state index contributed by atoms with van der Waals surface area (Å²) in [5.74, 6) is 0.767. The highest BCUT2D eigenvalue weighted by molar-refractivity contribution is 4.97. The molecular weight excluding hydrogens is 186 g/mol. The van der Waals surface area contributed by atoms with E-state index >= 15 is 0 Å². The van der Waals surface area contributed by atoms with E-state index < -0.39 is 0 Å². The van der Waals surface area contributed by atoms with E-state index in [0.717, 1.165) is 19.1 Å². The molecule has 1 saturated heterocycles. The first-order chi connectivity index (χ1) is 7.20. The van der Waals surface area contributed by atoms with E-state index in [-0.39, 0.29) is 0 Å². The Hall–Kier alpha value is -0.0800. The summed E-state index contributed by atoms with van der Waals surface area (Å²) in [5, 5.41) is 3.61. The van der Waals surface area contributed by atoms with Crippen LogP contribution in [0.2, 0.25) is 0 Å². The van der Waals surface area contributed by atoms with Gasteiger partial charge in [-0.2, -0.15) is 0 Å². The lowest BCUT2D eigenvalue weighted by Crippen LogP contribution is -2.29. The van der Waals surface area contributed by atoms with Crippen LogP contribution >= 0.6 is 0 Å². The molecule has 1 atom stereocenters. The Morgan fingerprint density at radius 2 is 2.20 bits per heavy atom. The van der Waals surface area contributed by atoms with E-state index in [9.17, 15) is 0 Å². The molecule has 0 aromatic rings. The van der Waals surface area contributed by atoms with Crippen LogP contribution < -0.4 is 5.32 Å². The smallest absolute Gasteiger partial charge is 0.0581 e. The van der Waals surface area contributed by atoms with Gasteiger partial charge in [-0.15, -0.1) is 0 Å². The molecule has 1 aliphatic carbocycles. The van der Waals surface area contributed by atoms with E-state index in [4.69, 9.17) is 4.74 Å². The molecule has 1 N–H and O–H groups in total. The lowest BCUT2D eigenvalue weighted by molar-refractivity contribution is 0.0851. The molecule has 1 aliphatic heterocycles. The van der Waals surface area contributed by atoms with Crippen LogP contribution in [0.25, 0.3) is 0 Å². The molecule has 0 radical (unpaired) electrons. The Labute approximate surface area is 93.8 Å². The fourth-order valence-electron chi connectivity index (χ4n) is 2.54. The molecule has 2 aliphatic rings. The van der Waals surface area contributed by atoms with E-state index in [0.29, 0.717) is 11.5 Å². The van der Waals surface area contributed by atoms with Crippen LogP contribution in [-0.2, 0) is 4.74 Å². The molecule has 0 spiro atoms. The van der Waals surface area contributed by atoms with E-state index in [1.807, 2.05) is 0 Å². The highest BCUT2D eigenvalue weighted by Crippen LogP contribution is 2.50. The molecule has 15 heavy (non-hydrogen) atoms. The number of rotatable bonds is 6. The van der Waals surface area contributed by atoms with Gasteiger partial charge in [0.05, 0.1) is 6.10 Å². The van der Waals surface area contributed by atoms with E-state index in [2.05, 4.69) is 19.2 Å². The van der Waals surface area contributed by atoms with Gasteiger partial charge in [0.1, 0.15) is 0 Å². The Balaban J connectivity index is 1.66. The maximum Gasteiger partial charge on any atom is 0.0581 e. The Morgan fingerprint density at radius 3 is 2.73 bits per heavy atom. The lowest BCUT2D eigenvalue weighted by atomic mass is 9.96. The van der Waals surface area contributed by atoms with Gasteiger partial charge < -0.3 is 10.1 Å². The number of hydrogen-bond donors (Lipinski definition) is 1. The minimum absolute atomic E-state index is 0.577. The van der Waals surface area contributed by atoms with Gasteiger partial charge in [-0.05, 0) is 50.0 Å². The minimum Gasteiger partial charge on any atom is -0.378 e. The van der Waals surface area contributed by atoms with Gasteiger partial charge in [-0.25, -0.2) is 0 Å². The van der Waals surface area contributed by atoms with Gasteiger partial charge in [-0.1, -0.05) is 13.8 Å². The zero-order chi connectivity index (χ0) is 10.7. The average molecular weight is 211 g/mol. The molecular formula is C13H25NO. The molecule has 0 aromatic heterocycles. The lowest BCUT2D eigenvalue weighted by Gasteiger charge is -2.20. The zero-order valence-electron chi connectivity index (χ0n) is 10.2. The Morgan fingerprint density at radius 1 is 1.40 bits per heavy atom.